The van der Waals surface area contributed by atoms with Crippen molar-refractivity contribution < 1.29 is 0 Å². The second-order valence-electron chi connectivity index (χ2n) is 5.31. The molecule has 0 spiro atoms. The summed E-state index contributed by atoms with van der Waals surface area (Å²) in [4.78, 5) is 0. The molecule has 1 aliphatic rings. The minimum atomic E-state index is 0.370. The third-order valence-electron chi connectivity index (χ3n) is 4.18. The summed E-state index contributed by atoms with van der Waals surface area (Å²) in [6.07, 6.45) is 3.31. The van der Waals surface area contributed by atoms with Gasteiger partial charge in [-0.1, -0.05) is 54.6 Å². The highest BCUT2D eigenvalue weighted by Gasteiger charge is 2.31. The van der Waals surface area contributed by atoms with Gasteiger partial charge in [0.15, 0.2) is 0 Å². The number of hydrogen-bond donors (Lipinski definition) is 2. The number of nitrogens with two attached hydrogens (primary N) is 1. The zero-order valence-electron chi connectivity index (χ0n) is 11.0. The lowest BCUT2D eigenvalue weighted by Gasteiger charge is -2.36. The lowest BCUT2D eigenvalue weighted by atomic mass is 9.72. The molecule has 2 aromatic carbocycles. The Labute approximate surface area is 114 Å². The van der Waals surface area contributed by atoms with E-state index in [1.165, 1.54) is 16.7 Å². The van der Waals surface area contributed by atoms with Crippen molar-refractivity contribution in [2.24, 2.45) is 5.84 Å². The number of fused-ring (bicyclic) bond motifs is 1. The van der Waals surface area contributed by atoms with Gasteiger partial charge in [0.05, 0.1) is 0 Å². The average molecular weight is 252 g/mol. The molecule has 3 N–H and O–H groups in total. The molecule has 0 saturated heterocycles. The van der Waals surface area contributed by atoms with Crippen LogP contribution in [-0.4, -0.2) is 6.04 Å². The summed E-state index contributed by atoms with van der Waals surface area (Å²) in [5.74, 6) is 6.33. The maximum atomic E-state index is 5.75. The summed E-state index contributed by atoms with van der Waals surface area (Å²) in [7, 11) is 0. The number of nitrogens with one attached hydrogen (secondary N) is 1. The van der Waals surface area contributed by atoms with E-state index in [-0.39, 0.29) is 0 Å². The van der Waals surface area contributed by atoms with Crippen molar-refractivity contribution in [1.82, 2.24) is 5.43 Å². The molecule has 0 heterocycles. The first-order valence-corrected chi connectivity index (χ1v) is 6.96. The summed E-state index contributed by atoms with van der Waals surface area (Å²) < 4.78 is 0. The van der Waals surface area contributed by atoms with Crippen LogP contribution in [0.2, 0.25) is 0 Å². The first-order valence-electron chi connectivity index (χ1n) is 6.96. The predicted molar refractivity (Wildman–Crippen MR) is 78.8 cm³/mol. The minimum absolute atomic E-state index is 0.370. The maximum absolute atomic E-state index is 5.75. The number of benzene rings is 2. The van der Waals surface area contributed by atoms with Crippen molar-refractivity contribution >= 4 is 0 Å². The summed E-state index contributed by atoms with van der Waals surface area (Å²) >= 11 is 0. The van der Waals surface area contributed by atoms with E-state index in [1.54, 1.807) is 0 Å². The molecule has 0 amide bonds. The Morgan fingerprint density at radius 2 is 1.79 bits per heavy atom. The normalized spacial score (nSPS) is 18.5. The molecule has 98 valence electrons. The van der Waals surface area contributed by atoms with E-state index in [0.717, 1.165) is 19.3 Å². The van der Waals surface area contributed by atoms with E-state index in [9.17, 15) is 0 Å². The van der Waals surface area contributed by atoms with Crippen LogP contribution in [0.25, 0.3) is 0 Å². The standard InChI is InChI=1S/C17H20N2/c18-19-17(11-10-13-6-2-1-3-7-13)16-12-14-8-4-5-9-15(14)16/h1-9,16-17,19H,10-12,18H2. The molecule has 2 nitrogen and oxygen atoms in total. The quantitative estimate of drug-likeness (QED) is 0.634. The molecule has 0 fully saturated rings. The molecule has 0 aromatic heterocycles. The van der Waals surface area contributed by atoms with Gasteiger partial charge in [0.25, 0.3) is 0 Å². The van der Waals surface area contributed by atoms with Gasteiger partial charge in [0.2, 0.25) is 0 Å². The van der Waals surface area contributed by atoms with Gasteiger partial charge >= 0.3 is 0 Å². The van der Waals surface area contributed by atoms with Gasteiger partial charge in [0.1, 0.15) is 0 Å². The SMILES string of the molecule is NNC(CCc1ccccc1)C1Cc2ccccc21. The molecule has 2 heteroatoms. The molecule has 0 aliphatic heterocycles. The van der Waals surface area contributed by atoms with Gasteiger partial charge in [0, 0.05) is 12.0 Å². The highest BCUT2D eigenvalue weighted by molar-refractivity contribution is 5.41. The lowest BCUT2D eigenvalue weighted by Crippen LogP contribution is -2.44. The van der Waals surface area contributed by atoms with E-state index >= 15 is 0 Å². The Kier molecular flexibility index (Phi) is 3.62. The smallest absolute Gasteiger partial charge is 0.0285 e. The van der Waals surface area contributed by atoms with Gasteiger partial charge in [-0.05, 0) is 36.0 Å². The highest BCUT2D eigenvalue weighted by Crippen LogP contribution is 2.38. The Bertz CT molecular complexity index is 536. The zero-order valence-corrected chi connectivity index (χ0v) is 11.0. The molecule has 0 saturated carbocycles. The van der Waals surface area contributed by atoms with Crippen LogP contribution in [0.1, 0.15) is 29.0 Å². The largest absolute Gasteiger partial charge is 0.271 e. The van der Waals surface area contributed by atoms with E-state index < -0.39 is 0 Å². The van der Waals surface area contributed by atoms with Crippen LogP contribution in [0.5, 0.6) is 0 Å². The van der Waals surface area contributed by atoms with Crippen molar-refractivity contribution in [2.75, 3.05) is 0 Å². The van der Waals surface area contributed by atoms with Crippen LogP contribution < -0.4 is 11.3 Å². The topological polar surface area (TPSA) is 38.0 Å². The van der Waals surface area contributed by atoms with Crippen LogP contribution >= 0.6 is 0 Å². The van der Waals surface area contributed by atoms with Crippen LogP contribution in [0.4, 0.5) is 0 Å². The Morgan fingerprint density at radius 3 is 2.53 bits per heavy atom. The number of hydrazine groups is 1. The summed E-state index contributed by atoms with van der Waals surface area (Å²) in [5, 5.41) is 0. The van der Waals surface area contributed by atoms with Gasteiger partial charge in [-0.2, -0.15) is 0 Å². The van der Waals surface area contributed by atoms with Crippen LogP contribution in [0.15, 0.2) is 54.6 Å². The van der Waals surface area contributed by atoms with E-state index in [2.05, 4.69) is 60.0 Å². The second-order valence-corrected chi connectivity index (χ2v) is 5.31. The van der Waals surface area contributed by atoms with Crippen LogP contribution in [0, 0.1) is 0 Å². The molecule has 2 aromatic rings. The lowest BCUT2D eigenvalue weighted by molar-refractivity contribution is 0.385. The van der Waals surface area contributed by atoms with Gasteiger partial charge in [-0.3, -0.25) is 11.3 Å². The van der Waals surface area contributed by atoms with E-state index in [0.29, 0.717) is 12.0 Å². The molecular formula is C17H20N2. The number of aryl methyl sites for hydroxylation is 1. The molecule has 19 heavy (non-hydrogen) atoms. The molecule has 0 bridgehead atoms. The summed E-state index contributed by atoms with van der Waals surface area (Å²) in [6.45, 7) is 0. The Balaban J connectivity index is 1.64. The summed E-state index contributed by atoms with van der Waals surface area (Å²) in [6, 6.07) is 19.7. The van der Waals surface area contributed by atoms with Crippen molar-refractivity contribution in [1.29, 1.82) is 0 Å². The minimum Gasteiger partial charge on any atom is -0.271 e. The third-order valence-corrected chi connectivity index (χ3v) is 4.18. The maximum Gasteiger partial charge on any atom is 0.0285 e. The average Bonchev–Trinajstić information content (AvgIpc) is 2.45. The predicted octanol–water partition coefficient (Wildman–Crippen LogP) is 2.79. The van der Waals surface area contributed by atoms with Gasteiger partial charge in [-0.25, -0.2) is 0 Å². The summed E-state index contributed by atoms with van der Waals surface area (Å²) in [5.41, 5.74) is 7.35. The molecule has 2 atom stereocenters. The molecule has 0 radical (unpaired) electrons. The van der Waals surface area contributed by atoms with Crippen molar-refractivity contribution in [3.05, 3.63) is 71.3 Å². The fourth-order valence-electron chi connectivity index (χ4n) is 3.02. The molecular weight excluding hydrogens is 232 g/mol. The highest BCUT2D eigenvalue weighted by atomic mass is 15.2. The van der Waals surface area contributed by atoms with E-state index in [1.807, 2.05) is 0 Å². The fraction of sp³-hybridized carbons (Fsp3) is 0.294. The van der Waals surface area contributed by atoms with E-state index in [4.69, 9.17) is 5.84 Å². The first-order chi connectivity index (χ1) is 9.38. The van der Waals surface area contributed by atoms with Crippen LogP contribution in [-0.2, 0) is 12.8 Å². The van der Waals surface area contributed by atoms with Gasteiger partial charge in [-0.15, -0.1) is 0 Å². The van der Waals surface area contributed by atoms with Crippen LogP contribution in [0.3, 0.4) is 0 Å². The number of hydrogen-bond acceptors (Lipinski definition) is 2. The van der Waals surface area contributed by atoms with Crippen molar-refractivity contribution in [3.63, 3.8) is 0 Å². The molecule has 1 aliphatic carbocycles. The zero-order chi connectivity index (χ0) is 13.1. The fourth-order valence-corrected chi connectivity index (χ4v) is 3.02. The Morgan fingerprint density at radius 1 is 1.05 bits per heavy atom. The van der Waals surface area contributed by atoms with Crippen molar-refractivity contribution in [3.8, 4) is 0 Å². The molecule has 2 unspecified atom stereocenters. The molecule has 3 rings (SSSR count). The monoisotopic (exact) mass is 252 g/mol. The van der Waals surface area contributed by atoms with Gasteiger partial charge < -0.3 is 0 Å². The van der Waals surface area contributed by atoms with Crippen molar-refractivity contribution in [2.45, 2.75) is 31.2 Å². The third kappa shape index (κ3) is 2.55. The number of rotatable bonds is 5. The first kappa shape index (κ1) is 12.4. The Hall–Kier alpha value is -1.64. The second kappa shape index (κ2) is 5.55.